The van der Waals surface area contributed by atoms with Crippen molar-refractivity contribution in [3.05, 3.63) is 41.2 Å². The summed E-state index contributed by atoms with van der Waals surface area (Å²) in [5.74, 6) is -1.01. The molecule has 0 radical (unpaired) electrons. The number of benzene rings is 1. The van der Waals surface area contributed by atoms with Crippen molar-refractivity contribution in [2.24, 2.45) is 7.05 Å². The van der Waals surface area contributed by atoms with Gasteiger partial charge in [0.1, 0.15) is 16.3 Å². The van der Waals surface area contributed by atoms with Gasteiger partial charge in [-0.3, -0.25) is 4.79 Å². The summed E-state index contributed by atoms with van der Waals surface area (Å²) in [6, 6.07) is 5.99. The van der Waals surface area contributed by atoms with Gasteiger partial charge in [-0.05, 0) is 44.0 Å². The van der Waals surface area contributed by atoms with E-state index in [4.69, 9.17) is 21.1 Å². The Kier molecular flexibility index (Phi) is 6.93. The molecule has 3 rings (SSSR count). The molecule has 1 fully saturated rings. The van der Waals surface area contributed by atoms with Crippen molar-refractivity contribution < 1.29 is 27.5 Å². The molecule has 0 aliphatic carbocycles. The van der Waals surface area contributed by atoms with Gasteiger partial charge in [0.05, 0.1) is 12.8 Å². The maximum Gasteiger partial charge on any atom is 0.355 e. The van der Waals surface area contributed by atoms with Crippen LogP contribution in [0.15, 0.2) is 35.4 Å². The Morgan fingerprint density at radius 3 is 2.52 bits per heavy atom. The van der Waals surface area contributed by atoms with Gasteiger partial charge in [-0.15, -0.1) is 0 Å². The zero-order valence-electron chi connectivity index (χ0n) is 17.4. The molecule has 2 heterocycles. The molecule has 11 heteroatoms. The largest absolute Gasteiger partial charge is 0.495 e. The van der Waals surface area contributed by atoms with Crippen molar-refractivity contribution in [1.82, 2.24) is 8.87 Å². The first-order valence-electron chi connectivity index (χ1n) is 9.65. The lowest BCUT2D eigenvalue weighted by Crippen LogP contribution is -2.30. The fourth-order valence-electron chi connectivity index (χ4n) is 3.24. The number of nitrogens with zero attached hydrogens (tertiary/aromatic N) is 2. The molecule has 1 saturated heterocycles. The number of aryl methyl sites for hydroxylation is 1. The van der Waals surface area contributed by atoms with Crippen LogP contribution in [0.3, 0.4) is 0 Å². The van der Waals surface area contributed by atoms with Gasteiger partial charge in [0.15, 0.2) is 6.10 Å². The summed E-state index contributed by atoms with van der Waals surface area (Å²) in [6.45, 7) is 2.33. The summed E-state index contributed by atoms with van der Waals surface area (Å²) >= 11 is 5.96. The smallest absolute Gasteiger partial charge is 0.355 e. The predicted octanol–water partition coefficient (Wildman–Crippen LogP) is 2.66. The van der Waals surface area contributed by atoms with Crippen LogP contribution in [0.2, 0.25) is 5.02 Å². The number of esters is 1. The molecule has 31 heavy (non-hydrogen) atoms. The van der Waals surface area contributed by atoms with Gasteiger partial charge < -0.3 is 19.4 Å². The van der Waals surface area contributed by atoms with E-state index in [0.717, 1.165) is 12.8 Å². The summed E-state index contributed by atoms with van der Waals surface area (Å²) in [4.78, 5) is 25.1. The monoisotopic (exact) mass is 469 g/mol. The van der Waals surface area contributed by atoms with Gasteiger partial charge in [-0.1, -0.05) is 11.6 Å². The zero-order valence-corrected chi connectivity index (χ0v) is 19.0. The van der Waals surface area contributed by atoms with Crippen molar-refractivity contribution in [2.45, 2.75) is 30.8 Å². The predicted molar refractivity (Wildman–Crippen MR) is 115 cm³/mol. The van der Waals surface area contributed by atoms with Crippen LogP contribution < -0.4 is 10.1 Å². The number of rotatable bonds is 7. The first-order chi connectivity index (χ1) is 14.6. The molecule has 1 N–H and O–H groups in total. The minimum absolute atomic E-state index is 0.0182. The molecule has 2 aromatic rings. The minimum Gasteiger partial charge on any atom is -0.495 e. The fourth-order valence-corrected chi connectivity index (χ4v) is 5.00. The number of ether oxygens (including phenoxy) is 2. The van der Waals surface area contributed by atoms with E-state index in [1.807, 2.05) is 0 Å². The highest BCUT2D eigenvalue weighted by molar-refractivity contribution is 7.89. The van der Waals surface area contributed by atoms with Crippen LogP contribution in [-0.2, 0) is 26.6 Å². The molecule has 0 spiro atoms. The van der Waals surface area contributed by atoms with Crippen LogP contribution in [0.25, 0.3) is 0 Å². The number of aromatic nitrogens is 1. The molecule has 1 aromatic heterocycles. The lowest BCUT2D eigenvalue weighted by Gasteiger charge is -2.15. The standard InChI is InChI=1S/C20H24ClN3O6S/c1-13(19(25)22-16-10-14(21)6-7-18(16)29-3)30-20(26)17-11-15(12-23(17)2)31(27,28)24-8-4-5-9-24/h6-7,10-13H,4-5,8-9H2,1-3H3,(H,22,25). The average molecular weight is 470 g/mol. The number of methoxy groups -OCH3 is 1. The van der Waals surface area contributed by atoms with Crippen LogP contribution >= 0.6 is 11.6 Å². The molecule has 1 atom stereocenters. The van der Waals surface area contributed by atoms with E-state index >= 15 is 0 Å². The fraction of sp³-hybridized carbons (Fsp3) is 0.400. The molecule has 0 bridgehead atoms. The van der Waals surface area contributed by atoms with Crippen molar-refractivity contribution >= 4 is 39.2 Å². The lowest BCUT2D eigenvalue weighted by atomic mass is 10.2. The van der Waals surface area contributed by atoms with Crippen molar-refractivity contribution in [1.29, 1.82) is 0 Å². The molecule has 1 unspecified atom stereocenters. The minimum atomic E-state index is -3.67. The highest BCUT2D eigenvalue weighted by Gasteiger charge is 2.30. The third kappa shape index (κ3) is 5.03. The Bertz CT molecular complexity index is 1090. The SMILES string of the molecule is COc1ccc(Cl)cc1NC(=O)C(C)OC(=O)c1cc(S(=O)(=O)N2CCCC2)cn1C. The summed E-state index contributed by atoms with van der Waals surface area (Å²) in [6.07, 6.45) is 1.84. The number of hydrogen-bond acceptors (Lipinski definition) is 6. The van der Waals surface area contributed by atoms with Crippen LogP contribution in [-0.4, -0.2) is 55.5 Å². The van der Waals surface area contributed by atoms with Gasteiger partial charge in [-0.2, -0.15) is 4.31 Å². The van der Waals surface area contributed by atoms with E-state index in [9.17, 15) is 18.0 Å². The molecule has 1 aromatic carbocycles. The number of carbonyl (C=O) groups excluding carboxylic acids is 2. The van der Waals surface area contributed by atoms with E-state index < -0.39 is 28.0 Å². The van der Waals surface area contributed by atoms with Gasteiger partial charge in [0, 0.05) is 31.4 Å². The molecular weight excluding hydrogens is 446 g/mol. The number of carbonyl (C=O) groups is 2. The van der Waals surface area contributed by atoms with Crippen molar-refractivity contribution in [3.8, 4) is 5.75 Å². The van der Waals surface area contributed by atoms with Gasteiger partial charge in [0.2, 0.25) is 10.0 Å². The van der Waals surface area contributed by atoms with E-state index in [1.165, 1.54) is 41.2 Å². The topological polar surface area (TPSA) is 107 Å². The van der Waals surface area contributed by atoms with Crippen LogP contribution in [0.4, 0.5) is 5.69 Å². The van der Waals surface area contributed by atoms with E-state index in [2.05, 4.69) is 5.32 Å². The van der Waals surface area contributed by atoms with E-state index in [0.29, 0.717) is 29.5 Å². The van der Waals surface area contributed by atoms with E-state index in [1.54, 1.807) is 19.2 Å². The Hall–Kier alpha value is -2.56. The summed E-state index contributed by atoms with van der Waals surface area (Å²) in [7, 11) is -0.679. The maximum absolute atomic E-state index is 12.7. The second-order valence-electron chi connectivity index (χ2n) is 7.16. The molecule has 1 aliphatic heterocycles. The Morgan fingerprint density at radius 2 is 1.87 bits per heavy atom. The first-order valence-corrected chi connectivity index (χ1v) is 11.5. The average Bonchev–Trinajstić information content (AvgIpc) is 3.38. The van der Waals surface area contributed by atoms with Crippen LogP contribution in [0.5, 0.6) is 5.75 Å². The highest BCUT2D eigenvalue weighted by Crippen LogP contribution is 2.28. The number of hydrogen-bond donors (Lipinski definition) is 1. The lowest BCUT2D eigenvalue weighted by molar-refractivity contribution is -0.123. The first kappa shape index (κ1) is 23.1. The molecule has 9 nitrogen and oxygen atoms in total. The Balaban J connectivity index is 1.71. The number of halogens is 1. The third-order valence-corrected chi connectivity index (χ3v) is 7.06. The van der Waals surface area contributed by atoms with Crippen LogP contribution in [0, 0.1) is 0 Å². The zero-order chi connectivity index (χ0) is 22.8. The summed E-state index contributed by atoms with van der Waals surface area (Å²) in [5, 5.41) is 3.00. The normalized spacial score (nSPS) is 15.5. The van der Waals surface area contributed by atoms with Gasteiger partial charge in [-0.25, -0.2) is 13.2 Å². The van der Waals surface area contributed by atoms with Gasteiger partial charge in [0.25, 0.3) is 5.91 Å². The maximum atomic E-state index is 12.7. The highest BCUT2D eigenvalue weighted by atomic mass is 35.5. The summed E-state index contributed by atoms with van der Waals surface area (Å²) in [5.41, 5.74) is 0.360. The molecule has 0 saturated carbocycles. The van der Waals surface area contributed by atoms with Crippen LogP contribution in [0.1, 0.15) is 30.3 Å². The van der Waals surface area contributed by atoms with Crippen molar-refractivity contribution in [3.63, 3.8) is 0 Å². The summed E-state index contributed by atoms with van der Waals surface area (Å²) < 4.78 is 38.6. The second kappa shape index (κ2) is 9.29. The molecule has 168 valence electrons. The Morgan fingerprint density at radius 1 is 1.19 bits per heavy atom. The second-order valence-corrected chi connectivity index (χ2v) is 9.54. The quantitative estimate of drug-likeness (QED) is 0.625. The van der Waals surface area contributed by atoms with E-state index in [-0.39, 0.29) is 10.6 Å². The molecule has 1 aliphatic rings. The Labute approximate surface area is 185 Å². The number of nitrogens with one attached hydrogen (secondary N) is 1. The molecule has 1 amide bonds. The van der Waals surface area contributed by atoms with Gasteiger partial charge >= 0.3 is 5.97 Å². The number of amides is 1. The third-order valence-electron chi connectivity index (χ3n) is 4.96. The number of sulfonamides is 1. The molecular formula is C20H24ClN3O6S. The van der Waals surface area contributed by atoms with Crippen molar-refractivity contribution in [2.75, 3.05) is 25.5 Å². The number of anilines is 1.